The second-order valence-electron chi connectivity index (χ2n) is 7.68. The van der Waals surface area contributed by atoms with E-state index < -0.39 is 23.8 Å². The topological polar surface area (TPSA) is 93.8 Å². The standard InChI is InChI=1S/C23H22F2N6O2.2ClH/c1-15-12-27-21(29-23(24,25)11-17-6-4-3-5-7-17)22(33)31(15)30-14-28-19-10-18(8-9-20(19)30)13-26-16(2)32;;/h3-10,12,14H,11,13H2,1-2H3,(H,26,32)(H,27,29);2*1H. The molecule has 4 aromatic rings. The van der Waals surface area contributed by atoms with Gasteiger partial charge in [0.1, 0.15) is 6.33 Å². The molecule has 0 unspecified atom stereocenters. The third-order valence-electron chi connectivity index (χ3n) is 5.03. The predicted molar refractivity (Wildman–Crippen MR) is 134 cm³/mol. The second-order valence-corrected chi connectivity index (χ2v) is 7.68. The summed E-state index contributed by atoms with van der Waals surface area (Å²) in [7, 11) is 0. The smallest absolute Gasteiger partial charge is 0.328 e. The van der Waals surface area contributed by atoms with Gasteiger partial charge in [0.15, 0.2) is 5.82 Å². The highest BCUT2D eigenvalue weighted by Gasteiger charge is 2.31. The van der Waals surface area contributed by atoms with Crippen LogP contribution in [0.1, 0.15) is 23.7 Å². The average molecular weight is 525 g/mol. The van der Waals surface area contributed by atoms with E-state index in [-0.39, 0.29) is 30.7 Å². The summed E-state index contributed by atoms with van der Waals surface area (Å²) in [5.41, 5.74) is 2.16. The van der Waals surface area contributed by atoms with Gasteiger partial charge in [-0.25, -0.2) is 19.3 Å². The van der Waals surface area contributed by atoms with Crippen molar-refractivity contribution in [1.29, 1.82) is 0 Å². The number of carbonyl (C=O) groups is 1. The average Bonchev–Trinajstić information content (AvgIpc) is 3.18. The maximum absolute atomic E-state index is 14.6. The molecule has 0 aliphatic heterocycles. The Balaban J connectivity index is 0.00000216. The van der Waals surface area contributed by atoms with E-state index in [2.05, 4.69) is 15.3 Å². The van der Waals surface area contributed by atoms with E-state index in [1.54, 1.807) is 55.5 Å². The Morgan fingerprint density at radius 1 is 1.06 bits per heavy atom. The summed E-state index contributed by atoms with van der Waals surface area (Å²) in [5, 5.41) is 4.71. The highest BCUT2D eigenvalue weighted by atomic mass is 35.5. The number of aryl methyl sites for hydroxylation is 1. The third kappa shape index (κ3) is 6.34. The maximum Gasteiger partial charge on any atom is 0.328 e. The molecule has 2 N–H and O–H groups in total. The second kappa shape index (κ2) is 11.3. The van der Waals surface area contributed by atoms with Gasteiger partial charge in [0, 0.05) is 13.5 Å². The van der Waals surface area contributed by atoms with Crippen LogP contribution < -0.4 is 16.2 Å². The van der Waals surface area contributed by atoms with E-state index in [1.165, 1.54) is 28.8 Å². The Morgan fingerprint density at radius 3 is 2.46 bits per heavy atom. The highest BCUT2D eigenvalue weighted by Crippen LogP contribution is 2.21. The molecule has 4 rings (SSSR count). The van der Waals surface area contributed by atoms with Crippen molar-refractivity contribution in [3.05, 3.63) is 88.2 Å². The molecule has 1 amide bonds. The molecule has 2 aromatic carbocycles. The molecule has 0 radical (unpaired) electrons. The fraction of sp³-hybridized carbons (Fsp3) is 0.217. The number of nitrogens with zero attached hydrogens (tertiary/aromatic N) is 4. The lowest BCUT2D eigenvalue weighted by Gasteiger charge is -2.20. The molecule has 0 aliphatic carbocycles. The number of amides is 1. The van der Waals surface area contributed by atoms with Crippen LogP contribution in [-0.4, -0.2) is 31.3 Å². The summed E-state index contributed by atoms with van der Waals surface area (Å²) < 4.78 is 32.0. The summed E-state index contributed by atoms with van der Waals surface area (Å²) in [6.07, 6.45) is 2.19. The number of carbonyl (C=O) groups excluding carboxylic acids is 1. The molecule has 12 heteroatoms. The number of aromatic nitrogens is 4. The van der Waals surface area contributed by atoms with Crippen molar-refractivity contribution in [3.63, 3.8) is 0 Å². The molecule has 0 bridgehead atoms. The van der Waals surface area contributed by atoms with Crippen LogP contribution in [-0.2, 0) is 17.8 Å². The van der Waals surface area contributed by atoms with Gasteiger partial charge in [0.05, 0.1) is 29.3 Å². The zero-order valence-electron chi connectivity index (χ0n) is 18.9. The van der Waals surface area contributed by atoms with Gasteiger partial charge in [0.2, 0.25) is 5.91 Å². The van der Waals surface area contributed by atoms with Gasteiger partial charge in [-0.2, -0.15) is 8.78 Å². The minimum atomic E-state index is -3.38. The number of halogens is 4. The Labute approximate surface area is 212 Å². The van der Waals surface area contributed by atoms with E-state index in [1.807, 2.05) is 5.32 Å². The van der Waals surface area contributed by atoms with Gasteiger partial charge in [-0.05, 0) is 30.2 Å². The van der Waals surface area contributed by atoms with E-state index in [9.17, 15) is 18.4 Å². The number of fused-ring (bicyclic) bond motifs is 1. The zero-order chi connectivity index (χ0) is 23.6. The molecule has 0 spiro atoms. The van der Waals surface area contributed by atoms with Gasteiger partial charge < -0.3 is 10.6 Å². The molecular weight excluding hydrogens is 501 g/mol. The van der Waals surface area contributed by atoms with Gasteiger partial charge in [-0.3, -0.25) is 9.59 Å². The molecule has 2 heterocycles. The lowest BCUT2D eigenvalue weighted by atomic mass is 10.1. The molecule has 0 atom stereocenters. The molecule has 0 fully saturated rings. The van der Waals surface area contributed by atoms with E-state index in [0.717, 1.165) is 5.56 Å². The number of alkyl halides is 2. The summed E-state index contributed by atoms with van der Waals surface area (Å²) in [6, 6.07) is 10.2. The van der Waals surface area contributed by atoms with Crippen molar-refractivity contribution in [2.24, 2.45) is 0 Å². The quantitative estimate of drug-likeness (QED) is 0.357. The number of imidazole rings is 1. The SMILES string of the molecule is CC(=O)NCc1ccc2c(c1)ncn2-n1c(C)cnc(NC(F)(F)Cc2ccccc2)c1=O.Cl.Cl. The van der Waals surface area contributed by atoms with Crippen molar-refractivity contribution in [2.75, 3.05) is 5.32 Å². The molecule has 0 saturated carbocycles. The van der Waals surface area contributed by atoms with E-state index in [4.69, 9.17) is 0 Å². The summed E-state index contributed by atoms with van der Waals surface area (Å²) in [5.74, 6) is -0.616. The zero-order valence-corrected chi connectivity index (χ0v) is 20.5. The van der Waals surface area contributed by atoms with Crippen molar-refractivity contribution in [2.45, 2.75) is 32.9 Å². The van der Waals surface area contributed by atoms with Crippen LogP contribution in [0.4, 0.5) is 14.6 Å². The van der Waals surface area contributed by atoms with Gasteiger partial charge in [0.25, 0.3) is 0 Å². The fourth-order valence-electron chi connectivity index (χ4n) is 3.49. The lowest BCUT2D eigenvalue weighted by Crippen LogP contribution is -2.37. The minimum absolute atomic E-state index is 0. The van der Waals surface area contributed by atoms with Crippen molar-refractivity contribution in [3.8, 4) is 0 Å². The first kappa shape index (κ1) is 27.7. The first-order valence-electron chi connectivity index (χ1n) is 10.2. The molecule has 0 aliphatic rings. The number of benzene rings is 2. The van der Waals surface area contributed by atoms with Crippen LogP contribution in [0, 0.1) is 6.92 Å². The van der Waals surface area contributed by atoms with Crippen molar-refractivity contribution >= 4 is 47.6 Å². The Morgan fingerprint density at radius 2 is 1.77 bits per heavy atom. The Bertz CT molecular complexity index is 1380. The fourth-order valence-corrected chi connectivity index (χ4v) is 3.49. The molecule has 8 nitrogen and oxygen atoms in total. The molecule has 35 heavy (non-hydrogen) atoms. The summed E-state index contributed by atoms with van der Waals surface area (Å²) in [4.78, 5) is 32.5. The van der Waals surface area contributed by atoms with Crippen LogP contribution >= 0.6 is 24.8 Å². The monoisotopic (exact) mass is 524 g/mol. The van der Waals surface area contributed by atoms with E-state index in [0.29, 0.717) is 28.8 Å². The summed E-state index contributed by atoms with van der Waals surface area (Å²) >= 11 is 0. The number of rotatable bonds is 7. The summed E-state index contributed by atoms with van der Waals surface area (Å²) in [6.45, 7) is 3.43. The highest BCUT2D eigenvalue weighted by molar-refractivity contribution is 5.85. The molecular formula is C23H24Cl2F2N6O2. The third-order valence-corrected chi connectivity index (χ3v) is 5.03. The van der Waals surface area contributed by atoms with E-state index >= 15 is 0 Å². The van der Waals surface area contributed by atoms with Crippen LogP contribution in [0.5, 0.6) is 0 Å². The first-order valence-corrected chi connectivity index (χ1v) is 10.2. The lowest BCUT2D eigenvalue weighted by molar-refractivity contribution is -0.119. The number of anilines is 1. The Hall–Kier alpha value is -3.50. The number of nitrogens with one attached hydrogen (secondary N) is 2. The van der Waals surface area contributed by atoms with Gasteiger partial charge in [-0.15, -0.1) is 24.8 Å². The largest absolute Gasteiger partial charge is 0.352 e. The Kier molecular flexibility index (Phi) is 8.94. The van der Waals surface area contributed by atoms with Gasteiger partial charge in [-0.1, -0.05) is 36.4 Å². The number of hydrogen-bond acceptors (Lipinski definition) is 5. The maximum atomic E-state index is 14.6. The van der Waals surface area contributed by atoms with Crippen LogP contribution in [0.15, 0.2) is 65.8 Å². The first-order chi connectivity index (χ1) is 15.7. The minimum Gasteiger partial charge on any atom is -0.352 e. The molecule has 0 saturated heterocycles. The molecule has 186 valence electrons. The van der Waals surface area contributed by atoms with Crippen molar-refractivity contribution < 1.29 is 13.6 Å². The normalized spacial score (nSPS) is 10.9. The number of hydrogen-bond donors (Lipinski definition) is 2. The molecule has 2 aromatic heterocycles. The van der Waals surface area contributed by atoms with Crippen LogP contribution in [0.3, 0.4) is 0 Å². The van der Waals surface area contributed by atoms with Crippen LogP contribution in [0.2, 0.25) is 0 Å². The van der Waals surface area contributed by atoms with Crippen molar-refractivity contribution in [1.82, 2.24) is 24.6 Å². The van der Waals surface area contributed by atoms with Gasteiger partial charge >= 0.3 is 11.6 Å². The predicted octanol–water partition coefficient (Wildman–Crippen LogP) is 3.94. The van der Waals surface area contributed by atoms with Crippen LogP contribution in [0.25, 0.3) is 11.0 Å².